The molecular weight excluding hydrogens is 197 g/mol. The van der Waals surface area contributed by atoms with Gasteiger partial charge in [0.2, 0.25) is 0 Å². The van der Waals surface area contributed by atoms with Gasteiger partial charge >= 0.3 is 5.97 Å². The van der Waals surface area contributed by atoms with Gasteiger partial charge in [0, 0.05) is 5.69 Å². The van der Waals surface area contributed by atoms with E-state index in [1.807, 2.05) is 0 Å². The highest BCUT2D eigenvalue weighted by Gasteiger charge is 2.12. The van der Waals surface area contributed by atoms with Gasteiger partial charge in [-0.25, -0.2) is 9.18 Å². The summed E-state index contributed by atoms with van der Waals surface area (Å²) < 4.78 is 17.4. The molecule has 0 heterocycles. The Hall–Kier alpha value is -1.58. The Kier molecular flexibility index (Phi) is 4.09. The van der Waals surface area contributed by atoms with Crippen LogP contribution in [0.5, 0.6) is 0 Å². The van der Waals surface area contributed by atoms with Crippen LogP contribution in [0.25, 0.3) is 0 Å². The highest BCUT2D eigenvalue weighted by Crippen LogP contribution is 2.09. The molecule has 1 aromatic rings. The van der Waals surface area contributed by atoms with Crippen molar-refractivity contribution in [3.05, 3.63) is 30.1 Å². The van der Waals surface area contributed by atoms with E-state index in [1.165, 1.54) is 12.1 Å². The summed E-state index contributed by atoms with van der Waals surface area (Å²) in [6, 6.07) is 5.38. The molecule has 0 aliphatic heterocycles. The van der Waals surface area contributed by atoms with Crippen molar-refractivity contribution in [2.24, 2.45) is 0 Å². The molecule has 82 valence electrons. The lowest BCUT2D eigenvalue weighted by atomic mass is 10.2. The van der Waals surface area contributed by atoms with Crippen LogP contribution in [0.1, 0.15) is 13.8 Å². The number of rotatable bonds is 4. The molecule has 0 fully saturated rings. The maximum absolute atomic E-state index is 12.6. The summed E-state index contributed by atoms with van der Waals surface area (Å²) in [6.07, 6.45) is 0. The zero-order valence-electron chi connectivity index (χ0n) is 8.79. The van der Waals surface area contributed by atoms with Gasteiger partial charge in [-0.3, -0.25) is 0 Å². The molecule has 0 aromatic heterocycles. The Morgan fingerprint density at radius 3 is 2.60 bits per heavy atom. The van der Waals surface area contributed by atoms with Gasteiger partial charge < -0.3 is 10.1 Å². The van der Waals surface area contributed by atoms with Gasteiger partial charge in [0.05, 0.1) is 6.61 Å². The minimum absolute atomic E-state index is 0.302. The summed E-state index contributed by atoms with van der Waals surface area (Å²) in [5, 5.41) is 2.91. The molecule has 1 aromatic carbocycles. The van der Waals surface area contributed by atoms with Crippen LogP contribution in [0.3, 0.4) is 0 Å². The van der Waals surface area contributed by atoms with E-state index >= 15 is 0 Å². The minimum Gasteiger partial charge on any atom is -0.464 e. The first-order valence-electron chi connectivity index (χ1n) is 4.82. The topological polar surface area (TPSA) is 38.3 Å². The molecule has 1 atom stereocenters. The Balaban J connectivity index is 2.54. The number of hydrogen-bond acceptors (Lipinski definition) is 3. The maximum Gasteiger partial charge on any atom is 0.328 e. The minimum atomic E-state index is -0.435. The predicted octanol–water partition coefficient (Wildman–Crippen LogP) is 2.19. The Labute approximate surface area is 88.2 Å². The Bertz CT molecular complexity index is 324. The Morgan fingerprint density at radius 2 is 2.07 bits per heavy atom. The van der Waals surface area contributed by atoms with E-state index < -0.39 is 6.04 Å². The third kappa shape index (κ3) is 3.58. The van der Waals surface area contributed by atoms with Gasteiger partial charge in [-0.15, -0.1) is 0 Å². The molecule has 0 aliphatic carbocycles. The van der Waals surface area contributed by atoms with Crippen LogP contribution in [0, 0.1) is 5.82 Å². The van der Waals surface area contributed by atoms with Gasteiger partial charge in [0.1, 0.15) is 11.9 Å². The number of benzene rings is 1. The summed E-state index contributed by atoms with van der Waals surface area (Å²) in [5.41, 5.74) is 0.692. The second kappa shape index (κ2) is 5.34. The molecule has 0 bridgehead atoms. The molecule has 0 spiro atoms. The number of carbonyl (C=O) groups is 1. The third-order valence-electron chi connectivity index (χ3n) is 1.87. The van der Waals surface area contributed by atoms with Crippen LogP contribution in [-0.4, -0.2) is 18.6 Å². The normalized spacial score (nSPS) is 11.9. The van der Waals surface area contributed by atoms with E-state index in [1.54, 1.807) is 26.0 Å². The van der Waals surface area contributed by atoms with E-state index in [9.17, 15) is 9.18 Å². The zero-order chi connectivity index (χ0) is 11.3. The second-order valence-electron chi connectivity index (χ2n) is 3.12. The molecule has 0 unspecified atom stereocenters. The molecule has 15 heavy (non-hydrogen) atoms. The highest BCUT2D eigenvalue weighted by atomic mass is 19.1. The van der Waals surface area contributed by atoms with Crippen molar-refractivity contribution >= 4 is 11.7 Å². The molecule has 0 saturated carbocycles. The molecule has 0 saturated heterocycles. The molecule has 3 nitrogen and oxygen atoms in total. The fraction of sp³-hybridized carbons (Fsp3) is 0.364. The third-order valence-corrected chi connectivity index (χ3v) is 1.87. The summed E-state index contributed by atoms with van der Waals surface area (Å²) >= 11 is 0. The van der Waals surface area contributed by atoms with E-state index in [4.69, 9.17) is 4.74 Å². The monoisotopic (exact) mass is 211 g/mol. The van der Waals surface area contributed by atoms with Crippen molar-refractivity contribution in [1.29, 1.82) is 0 Å². The first kappa shape index (κ1) is 11.5. The van der Waals surface area contributed by atoms with Crippen molar-refractivity contribution in [2.45, 2.75) is 19.9 Å². The largest absolute Gasteiger partial charge is 0.464 e. The first-order valence-corrected chi connectivity index (χ1v) is 4.82. The second-order valence-corrected chi connectivity index (χ2v) is 3.12. The van der Waals surface area contributed by atoms with Crippen molar-refractivity contribution in [1.82, 2.24) is 0 Å². The lowest BCUT2D eigenvalue weighted by Crippen LogP contribution is -2.28. The summed E-state index contributed by atoms with van der Waals surface area (Å²) in [4.78, 5) is 11.3. The van der Waals surface area contributed by atoms with Crippen molar-refractivity contribution in [2.75, 3.05) is 11.9 Å². The van der Waals surface area contributed by atoms with E-state index in [-0.39, 0.29) is 11.8 Å². The van der Waals surface area contributed by atoms with Crippen LogP contribution in [0.4, 0.5) is 10.1 Å². The van der Waals surface area contributed by atoms with E-state index in [2.05, 4.69) is 5.32 Å². The number of nitrogens with one attached hydrogen (secondary N) is 1. The van der Waals surface area contributed by atoms with Gasteiger partial charge in [-0.1, -0.05) is 0 Å². The fourth-order valence-electron chi connectivity index (χ4n) is 1.12. The molecule has 0 radical (unpaired) electrons. The van der Waals surface area contributed by atoms with Crippen molar-refractivity contribution in [3.8, 4) is 0 Å². The SMILES string of the molecule is CCOC(=O)[C@H](C)Nc1ccc(F)cc1. The van der Waals surface area contributed by atoms with Crippen LogP contribution < -0.4 is 5.32 Å². The summed E-state index contributed by atoms with van der Waals surface area (Å²) in [5.74, 6) is -0.619. The van der Waals surface area contributed by atoms with Crippen LogP contribution in [0.15, 0.2) is 24.3 Å². The number of hydrogen-bond donors (Lipinski definition) is 1. The number of ether oxygens (including phenoxy) is 1. The van der Waals surface area contributed by atoms with Crippen LogP contribution >= 0.6 is 0 Å². The highest BCUT2D eigenvalue weighted by molar-refractivity contribution is 5.78. The summed E-state index contributed by atoms with van der Waals surface area (Å²) in [6.45, 7) is 3.80. The zero-order valence-corrected chi connectivity index (χ0v) is 8.79. The predicted molar refractivity (Wildman–Crippen MR) is 56.1 cm³/mol. The van der Waals surface area contributed by atoms with E-state index in [0.717, 1.165) is 0 Å². The van der Waals surface area contributed by atoms with Gasteiger partial charge in [0.25, 0.3) is 0 Å². The maximum atomic E-state index is 12.6. The standard InChI is InChI=1S/C11H14FNO2/c1-3-15-11(14)8(2)13-10-6-4-9(12)5-7-10/h4-8,13H,3H2,1-2H3/t8-/m0/s1. The first-order chi connectivity index (χ1) is 7.13. The molecule has 4 heteroatoms. The lowest BCUT2D eigenvalue weighted by molar-refractivity contribution is -0.143. The molecule has 0 aliphatic rings. The van der Waals surface area contributed by atoms with Crippen LogP contribution in [-0.2, 0) is 9.53 Å². The van der Waals surface area contributed by atoms with Gasteiger partial charge in [-0.2, -0.15) is 0 Å². The Morgan fingerprint density at radius 1 is 1.47 bits per heavy atom. The summed E-state index contributed by atoms with van der Waals surface area (Å²) in [7, 11) is 0. The molecule has 0 amide bonds. The number of halogens is 1. The average molecular weight is 211 g/mol. The smallest absolute Gasteiger partial charge is 0.328 e. The lowest BCUT2D eigenvalue weighted by Gasteiger charge is -2.13. The van der Waals surface area contributed by atoms with Crippen molar-refractivity contribution in [3.63, 3.8) is 0 Å². The average Bonchev–Trinajstić information content (AvgIpc) is 2.22. The quantitative estimate of drug-likeness (QED) is 0.776. The fourth-order valence-corrected chi connectivity index (χ4v) is 1.12. The van der Waals surface area contributed by atoms with E-state index in [0.29, 0.717) is 12.3 Å². The number of anilines is 1. The molecule has 1 N–H and O–H groups in total. The van der Waals surface area contributed by atoms with Gasteiger partial charge in [-0.05, 0) is 38.1 Å². The number of carbonyl (C=O) groups excluding carboxylic acids is 1. The molecule has 1 rings (SSSR count). The number of esters is 1. The molecular formula is C11H14FNO2. The van der Waals surface area contributed by atoms with Gasteiger partial charge in [0.15, 0.2) is 0 Å². The van der Waals surface area contributed by atoms with Crippen molar-refractivity contribution < 1.29 is 13.9 Å². The van der Waals surface area contributed by atoms with Crippen LogP contribution in [0.2, 0.25) is 0 Å².